The summed E-state index contributed by atoms with van der Waals surface area (Å²) >= 11 is 0. The fourth-order valence-corrected chi connectivity index (χ4v) is 3.86. The number of rotatable bonds is 23. The highest BCUT2D eigenvalue weighted by Crippen LogP contribution is 2.15. The van der Waals surface area contributed by atoms with Crippen LogP contribution in [0, 0.1) is 6.92 Å². The topological polar surface area (TPSA) is 26.0 Å². The van der Waals surface area contributed by atoms with Crippen LogP contribution < -0.4 is 5.73 Å². The molecule has 0 heterocycles. The highest BCUT2D eigenvalue weighted by atomic mass is 14.5. The molecule has 0 aromatic heterocycles. The maximum absolute atomic E-state index is 5.52. The number of hydrogen-bond donors (Lipinski definition) is 1. The molecular formula is C25H52N. The molecule has 0 amide bonds. The van der Waals surface area contributed by atoms with E-state index in [1.54, 1.807) is 0 Å². The summed E-state index contributed by atoms with van der Waals surface area (Å²) in [5.41, 5.74) is 5.52. The minimum absolute atomic E-state index is 0.873. The second kappa shape index (κ2) is 25.0. The van der Waals surface area contributed by atoms with E-state index >= 15 is 0 Å². The van der Waals surface area contributed by atoms with Crippen LogP contribution in [0.3, 0.4) is 0 Å². The Morgan fingerprint density at radius 1 is 0.308 bits per heavy atom. The van der Waals surface area contributed by atoms with E-state index in [1.165, 1.54) is 141 Å². The predicted molar refractivity (Wildman–Crippen MR) is 121 cm³/mol. The van der Waals surface area contributed by atoms with Gasteiger partial charge in [0.1, 0.15) is 0 Å². The third-order valence-electron chi connectivity index (χ3n) is 5.70. The van der Waals surface area contributed by atoms with Crippen molar-refractivity contribution in [2.24, 2.45) is 5.73 Å². The molecule has 0 aliphatic heterocycles. The van der Waals surface area contributed by atoms with Crippen molar-refractivity contribution in [1.29, 1.82) is 0 Å². The van der Waals surface area contributed by atoms with Crippen LogP contribution >= 0.6 is 0 Å². The monoisotopic (exact) mass is 366 g/mol. The fourth-order valence-electron chi connectivity index (χ4n) is 3.86. The van der Waals surface area contributed by atoms with Gasteiger partial charge in [-0.05, 0) is 13.0 Å². The third-order valence-corrected chi connectivity index (χ3v) is 5.70. The summed E-state index contributed by atoms with van der Waals surface area (Å²) < 4.78 is 0. The SMILES string of the molecule is [CH2]CCCCCCCCCCCCCCCCCCCCCCCCN. The first-order valence-electron chi connectivity index (χ1n) is 12.4. The molecule has 0 unspecified atom stereocenters. The highest BCUT2D eigenvalue weighted by Gasteiger charge is 1.95. The average molecular weight is 367 g/mol. The Kier molecular flexibility index (Phi) is 24.9. The van der Waals surface area contributed by atoms with E-state index in [0.29, 0.717) is 0 Å². The minimum atomic E-state index is 0.873. The first-order valence-corrected chi connectivity index (χ1v) is 12.4. The van der Waals surface area contributed by atoms with Gasteiger partial charge in [0.25, 0.3) is 0 Å². The summed E-state index contributed by atoms with van der Waals surface area (Å²) in [4.78, 5) is 0. The van der Waals surface area contributed by atoms with E-state index in [9.17, 15) is 0 Å². The lowest BCUT2D eigenvalue weighted by atomic mass is 10.0. The largest absolute Gasteiger partial charge is 0.330 e. The predicted octanol–water partition coefficient (Wildman–Crippen LogP) is 8.75. The molecule has 0 saturated heterocycles. The van der Waals surface area contributed by atoms with Crippen molar-refractivity contribution >= 4 is 0 Å². The van der Waals surface area contributed by atoms with Crippen LogP contribution in [0.2, 0.25) is 0 Å². The van der Waals surface area contributed by atoms with Crippen LogP contribution in [0.25, 0.3) is 0 Å². The van der Waals surface area contributed by atoms with E-state index in [1.807, 2.05) is 0 Å². The molecule has 0 saturated carbocycles. The lowest BCUT2D eigenvalue weighted by molar-refractivity contribution is 0.519. The molecular weight excluding hydrogens is 314 g/mol. The van der Waals surface area contributed by atoms with Crippen LogP contribution in [-0.4, -0.2) is 6.54 Å². The van der Waals surface area contributed by atoms with Crippen molar-refractivity contribution in [3.63, 3.8) is 0 Å². The fraction of sp³-hybridized carbons (Fsp3) is 0.960. The summed E-state index contributed by atoms with van der Waals surface area (Å²) in [7, 11) is 0. The molecule has 1 nitrogen and oxygen atoms in total. The van der Waals surface area contributed by atoms with Gasteiger partial charge in [-0.1, -0.05) is 148 Å². The Morgan fingerprint density at radius 3 is 0.692 bits per heavy atom. The van der Waals surface area contributed by atoms with E-state index in [2.05, 4.69) is 6.92 Å². The molecule has 1 heteroatoms. The zero-order valence-electron chi connectivity index (χ0n) is 18.3. The molecule has 0 bridgehead atoms. The van der Waals surface area contributed by atoms with Gasteiger partial charge in [0.2, 0.25) is 0 Å². The number of nitrogens with two attached hydrogens (primary N) is 1. The Hall–Kier alpha value is -0.0400. The van der Waals surface area contributed by atoms with E-state index in [-0.39, 0.29) is 0 Å². The van der Waals surface area contributed by atoms with Crippen LogP contribution in [0.5, 0.6) is 0 Å². The second-order valence-corrected chi connectivity index (χ2v) is 8.42. The van der Waals surface area contributed by atoms with Crippen molar-refractivity contribution in [2.45, 2.75) is 148 Å². The van der Waals surface area contributed by atoms with E-state index in [0.717, 1.165) is 13.0 Å². The Bertz CT molecular complexity index is 202. The second-order valence-electron chi connectivity index (χ2n) is 8.42. The maximum atomic E-state index is 5.52. The van der Waals surface area contributed by atoms with Gasteiger partial charge in [-0.3, -0.25) is 0 Å². The van der Waals surface area contributed by atoms with Crippen molar-refractivity contribution in [3.05, 3.63) is 6.92 Å². The van der Waals surface area contributed by atoms with Crippen molar-refractivity contribution in [2.75, 3.05) is 6.54 Å². The summed E-state index contributed by atoms with van der Waals surface area (Å²) in [5.74, 6) is 0. The Balaban J connectivity index is 2.95. The standard InChI is InChI=1S/C25H52N/c1-2-3-4-5-6-7-8-9-10-11-12-13-14-15-16-17-18-19-20-21-22-23-24-25-26/h1-26H2. The highest BCUT2D eigenvalue weighted by molar-refractivity contribution is 4.51. The van der Waals surface area contributed by atoms with E-state index < -0.39 is 0 Å². The molecule has 26 heavy (non-hydrogen) atoms. The lowest BCUT2D eigenvalue weighted by Crippen LogP contribution is -1.97. The van der Waals surface area contributed by atoms with Crippen LogP contribution in [-0.2, 0) is 0 Å². The van der Waals surface area contributed by atoms with Gasteiger partial charge in [0, 0.05) is 0 Å². The quantitative estimate of drug-likeness (QED) is 0.180. The molecule has 0 aliphatic carbocycles. The summed E-state index contributed by atoms with van der Waals surface area (Å²) in [5, 5.41) is 0. The first-order chi connectivity index (χ1) is 12.9. The van der Waals surface area contributed by atoms with Gasteiger partial charge < -0.3 is 5.73 Å². The third kappa shape index (κ3) is 24.0. The smallest absolute Gasteiger partial charge is 0.00773 e. The molecule has 0 spiro atoms. The van der Waals surface area contributed by atoms with Crippen molar-refractivity contribution in [3.8, 4) is 0 Å². The van der Waals surface area contributed by atoms with Crippen molar-refractivity contribution < 1.29 is 0 Å². The molecule has 1 radical (unpaired) electrons. The Labute approximate surface area is 167 Å². The summed E-state index contributed by atoms with van der Waals surface area (Å²) in [6.45, 7) is 4.78. The van der Waals surface area contributed by atoms with Crippen LogP contribution in [0.1, 0.15) is 148 Å². The molecule has 0 aromatic rings. The lowest BCUT2D eigenvalue weighted by Gasteiger charge is -2.04. The van der Waals surface area contributed by atoms with Gasteiger partial charge in [-0.15, -0.1) is 0 Å². The molecule has 0 atom stereocenters. The molecule has 0 aromatic carbocycles. The van der Waals surface area contributed by atoms with Gasteiger partial charge in [0.05, 0.1) is 0 Å². The zero-order chi connectivity index (χ0) is 19.0. The number of unbranched alkanes of at least 4 members (excludes halogenated alkanes) is 22. The minimum Gasteiger partial charge on any atom is -0.330 e. The van der Waals surface area contributed by atoms with Gasteiger partial charge in [-0.25, -0.2) is 0 Å². The van der Waals surface area contributed by atoms with Crippen molar-refractivity contribution in [1.82, 2.24) is 0 Å². The molecule has 0 fully saturated rings. The normalized spacial score (nSPS) is 11.3. The van der Waals surface area contributed by atoms with E-state index in [4.69, 9.17) is 5.73 Å². The maximum Gasteiger partial charge on any atom is -0.00773 e. The van der Waals surface area contributed by atoms with Gasteiger partial charge in [-0.2, -0.15) is 0 Å². The van der Waals surface area contributed by atoms with Gasteiger partial charge in [0.15, 0.2) is 0 Å². The summed E-state index contributed by atoms with van der Waals surface area (Å²) in [6, 6.07) is 0. The molecule has 2 N–H and O–H groups in total. The molecule has 157 valence electrons. The van der Waals surface area contributed by atoms with Gasteiger partial charge >= 0.3 is 0 Å². The molecule has 0 rings (SSSR count). The summed E-state index contributed by atoms with van der Waals surface area (Å²) in [6.07, 6.45) is 32.7. The van der Waals surface area contributed by atoms with Crippen LogP contribution in [0.4, 0.5) is 0 Å². The first kappa shape index (κ1) is 26.0. The molecule has 0 aliphatic rings. The Morgan fingerprint density at radius 2 is 0.500 bits per heavy atom. The average Bonchev–Trinajstić information content (AvgIpc) is 2.66. The number of hydrogen-bond acceptors (Lipinski definition) is 1. The zero-order valence-corrected chi connectivity index (χ0v) is 18.3. The van der Waals surface area contributed by atoms with Crippen LogP contribution in [0.15, 0.2) is 0 Å².